The molecule has 1 unspecified atom stereocenters. The second-order valence-corrected chi connectivity index (χ2v) is 7.88. The van der Waals surface area contributed by atoms with E-state index in [4.69, 9.17) is 4.74 Å². The molecule has 1 aromatic carbocycles. The maximum absolute atomic E-state index is 12.5. The third kappa shape index (κ3) is 3.68. The number of H-pyrrole nitrogens is 1. The molecule has 2 heterocycles. The molecule has 0 saturated carbocycles. The average molecular weight is 380 g/mol. The smallest absolute Gasteiger partial charge is 0.410 e. The number of rotatable bonds is 1. The Bertz CT molecular complexity index is 720. The molecule has 1 N–H and O–H groups in total. The predicted octanol–water partition coefficient (Wildman–Crippen LogP) is 4.79. The lowest BCUT2D eigenvalue weighted by molar-refractivity contribution is 0.00857. The number of ether oxygens (including phenoxy) is 1. The van der Waals surface area contributed by atoms with Gasteiger partial charge in [-0.15, -0.1) is 0 Å². The van der Waals surface area contributed by atoms with Crippen LogP contribution in [0.1, 0.15) is 51.9 Å². The van der Waals surface area contributed by atoms with Crippen LogP contribution < -0.4 is 0 Å². The first-order valence-corrected chi connectivity index (χ1v) is 8.77. The first kappa shape index (κ1) is 16.3. The van der Waals surface area contributed by atoms with Gasteiger partial charge in [0.1, 0.15) is 11.4 Å². The monoisotopic (exact) mass is 379 g/mol. The van der Waals surface area contributed by atoms with Crippen molar-refractivity contribution in [3.05, 3.63) is 28.5 Å². The van der Waals surface area contributed by atoms with Gasteiger partial charge in [0.05, 0.1) is 17.1 Å². The van der Waals surface area contributed by atoms with E-state index in [0.717, 1.165) is 40.6 Å². The van der Waals surface area contributed by atoms with Crippen LogP contribution in [0, 0.1) is 0 Å². The van der Waals surface area contributed by atoms with E-state index in [1.54, 1.807) is 0 Å². The van der Waals surface area contributed by atoms with Gasteiger partial charge in [-0.2, -0.15) is 0 Å². The summed E-state index contributed by atoms with van der Waals surface area (Å²) in [5, 5.41) is 0. The molecule has 1 aromatic heterocycles. The number of fused-ring (bicyclic) bond motifs is 1. The first-order chi connectivity index (χ1) is 10.8. The highest BCUT2D eigenvalue weighted by atomic mass is 79.9. The molecule has 6 heteroatoms. The van der Waals surface area contributed by atoms with Crippen LogP contribution in [0.4, 0.5) is 4.79 Å². The maximum Gasteiger partial charge on any atom is 0.410 e. The van der Waals surface area contributed by atoms with E-state index in [0.29, 0.717) is 6.54 Å². The summed E-state index contributed by atoms with van der Waals surface area (Å²) in [7, 11) is 0. The molecule has 3 rings (SSSR count). The Morgan fingerprint density at radius 3 is 2.91 bits per heavy atom. The van der Waals surface area contributed by atoms with Crippen LogP contribution in [-0.2, 0) is 4.74 Å². The number of piperidine rings is 1. The molecule has 1 aliphatic rings. The van der Waals surface area contributed by atoms with Crippen molar-refractivity contribution in [2.24, 2.45) is 0 Å². The Balaban J connectivity index is 1.89. The summed E-state index contributed by atoms with van der Waals surface area (Å²) in [4.78, 5) is 22.4. The lowest BCUT2D eigenvalue weighted by Gasteiger charge is -2.35. The fraction of sp³-hybridized carbons (Fsp3) is 0.529. The average Bonchev–Trinajstić information content (AvgIpc) is 2.88. The van der Waals surface area contributed by atoms with Crippen molar-refractivity contribution < 1.29 is 9.53 Å². The summed E-state index contributed by atoms with van der Waals surface area (Å²) in [5.74, 6) is 0.837. The highest BCUT2D eigenvalue weighted by molar-refractivity contribution is 9.10. The Labute approximate surface area is 144 Å². The van der Waals surface area contributed by atoms with Crippen LogP contribution in [0.25, 0.3) is 11.0 Å². The van der Waals surface area contributed by atoms with Crippen LogP contribution in [0.5, 0.6) is 0 Å². The van der Waals surface area contributed by atoms with Gasteiger partial charge >= 0.3 is 6.09 Å². The second kappa shape index (κ2) is 6.15. The fourth-order valence-electron chi connectivity index (χ4n) is 2.91. The zero-order chi connectivity index (χ0) is 16.6. The number of hydrogen-bond donors (Lipinski definition) is 1. The largest absolute Gasteiger partial charge is 0.444 e. The quantitative estimate of drug-likeness (QED) is 0.774. The fourth-order valence-corrected chi connectivity index (χ4v) is 3.28. The molecule has 1 saturated heterocycles. The number of amides is 1. The van der Waals surface area contributed by atoms with Crippen molar-refractivity contribution in [3.63, 3.8) is 0 Å². The Morgan fingerprint density at radius 2 is 2.17 bits per heavy atom. The van der Waals surface area contributed by atoms with Gasteiger partial charge in [0.2, 0.25) is 0 Å². The van der Waals surface area contributed by atoms with Crippen LogP contribution >= 0.6 is 15.9 Å². The van der Waals surface area contributed by atoms with Gasteiger partial charge in [0.25, 0.3) is 0 Å². The number of halogens is 1. The molecule has 1 amide bonds. The minimum Gasteiger partial charge on any atom is -0.444 e. The molecule has 0 bridgehead atoms. The Morgan fingerprint density at radius 1 is 1.39 bits per heavy atom. The van der Waals surface area contributed by atoms with E-state index in [1.165, 1.54) is 0 Å². The van der Waals surface area contributed by atoms with E-state index in [1.807, 2.05) is 43.9 Å². The van der Waals surface area contributed by atoms with Crippen LogP contribution in [0.2, 0.25) is 0 Å². The summed E-state index contributed by atoms with van der Waals surface area (Å²) in [6.45, 7) is 6.38. The molecule has 5 nitrogen and oxygen atoms in total. The van der Waals surface area contributed by atoms with E-state index >= 15 is 0 Å². The summed E-state index contributed by atoms with van der Waals surface area (Å²) in [6.07, 6.45) is 2.73. The molecule has 1 aliphatic heterocycles. The van der Waals surface area contributed by atoms with Crippen LogP contribution in [0.3, 0.4) is 0 Å². The molecule has 1 atom stereocenters. The predicted molar refractivity (Wildman–Crippen MR) is 93.3 cm³/mol. The molecule has 2 aromatic rings. The molecule has 0 radical (unpaired) electrons. The normalized spacial score (nSPS) is 19.1. The maximum atomic E-state index is 12.5. The van der Waals surface area contributed by atoms with Crippen molar-refractivity contribution in [3.8, 4) is 0 Å². The Kier molecular flexibility index (Phi) is 4.36. The third-order valence-electron chi connectivity index (χ3n) is 3.91. The standard InChI is InChI=1S/C17H22BrN3O2/c1-17(2,3)23-16(22)21-9-5-4-6-14(21)15-19-12-8-7-11(18)10-13(12)20-15/h7-8,10,14H,4-6,9H2,1-3H3,(H,19,20). The van der Waals surface area contributed by atoms with Gasteiger partial charge in [-0.25, -0.2) is 9.78 Å². The highest BCUT2D eigenvalue weighted by Gasteiger charge is 2.33. The highest BCUT2D eigenvalue weighted by Crippen LogP contribution is 2.32. The number of imidazole rings is 1. The SMILES string of the molecule is CC(C)(C)OC(=O)N1CCCCC1c1nc2ccc(Br)cc2[nH]1. The molecule has 0 spiro atoms. The Hall–Kier alpha value is -1.56. The lowest BCUT2D eigenvalue weighted by Crippen LogP contribution is -2.42. The van der Waals surface area contributed by atoms with E-state index in [-0.39, 0.29) is 12.1 Å². The summed E-state index contributed by atoms with van der Waals surface area (Å²) >= 11 is 3.47. The van der Waals surface area contributed by atoms with Gasteiger partial charge in [0, 0.05) is 11.0 Å². The number of aromatic amines is 1. The van der Waals surface area contributed by atoms with Gasteiger partial charge in [0.15, 0.2) is 0 Å². The van der Waals surface area contributed by atoms with Crippen molar-refractivity contribution >= 4 is 33.1 Å². The number of nitrogens with zero attached hydrogens (tertiary/aromatic N) is 2. The van der Waals surface area contributed by atoms with E-state index < -0.39 is 5.60 Å². The lowest BCUT2D eigenvalue weighted by atomic mass is 10.0. The van der Waals surface area contributed by atoms with Gasteiger partial charge < -0.3 is 9.72 Å². The van der Waals surface area contributed by atoms with E-state index in [2.05, 4.69) is 25.9 Å². The number of benzene rings is 1. The first-order valence-electron chi connectivity index (χ1n) is 7.98. The topological polar surface area (TPSA) is 58.2 Å². The van der Waals surface area contributed by atoms with Gasteiger partial charge in [-0.1, -0.05) is 15.9 Å². The number of aromatic nitrogens is 2. The molecule has 0 aliphatic carbocycles. The van der Waals surface area contributed by atoms with Crippen LogP contribution in [-0.4, -0.2) is 33.1 Å². The number of carbonyl (C=O) groups is 1. The van der Waals surface area contributed by atoms with Crippen molar-refractivity contribution in [1.82, 2.24) is 14.9 Å². The molecular formula is C17H22BrN3O2. The molecular weight excluding hydrogens is 358 g/mol. The zero-order valence-electron chi connectivity index (χ0n) is 13.7. The van der Waals surface area contributed by atoms with Crippen molar-refractivity contribution in [2.45, 2.75) is 51.7 Å². The molecule has 23 heavy (non-hydrogen) atoms. The number of likely N-dealkylation sites (tertiary alicyclic amines) is 1. The zero-order valence-corrected chi connectivity index (χ0v) is 15.3. The third-order valence-corrected chi connectivity index (χ3v) is 4.40. The molecule has 124 valence electrons. The van der Waals surface area contributed by atoms with E-state index in [9.17, 15) is 4.79 Å². The van der Waals surface area contributed by atoms with Crippen molar-refractivity contribution in [2.75, 3.05) is 6.54 Å². The minimum atomic E-state index is -0.488. The van der Waals surface area contributed by atoms with Gasteiger partial charge in [-0.05, 0) is 58.2 Å². The molecule has 1 fully saturated rings. The van der Waals surface area contributed by atoms with Gasteiger partial charge in [-0.3, -0.25) is 4.90 Å². The number of nitrogens with one attached hydrogen (secondary N) is 1. The van der Waals surface area contributed by atoms with Crippen molar-refractivity contribution in [1.29, 1.82) is 0 Å². The number of carbonyl (C=O) groups excluding carboxylic acids is 1. The summed E-state index contributed by atoms with van der Waals surface area (Å²) < 4.78 is 6.57. The summed E-state index contributed by atoms with van der Waals surface area (Å²) in [5.41, 5.74) is 1.40. The number of hydrogen-bond acceptors (Lipinski definition) is 3. The summed E-state index contributed by atoms with van der Waals surface area (Å²) in [6, 6.07) is 5.90. The van der Waals surface area contributed by atoms with Crippen LogP contribution in [0.15, 0.2) is 22.7 Å². The minimum absolute atomic E-state index is 0.0511. The second-order valence-electron chi connectivity index (χ2n) is 6.97.